The van der Waals surface area contributed by atoms with Crippen molar-refractivity contribution in [3.63, 3.8) is 0 Å². The van der Waals surface area contributed by atoms with Gasteiger partial charge in [0.25, 0.3) is 0 Å². The molecule has 1 saturated heterocycles. The van der Waals surface area contributed by atoms with Crippen LogP contribution in [-0.2, 0) is 4.79 Å². The van der Waals surface area contributed by atoms with Gasteiger partial charge in [-0.25, -0.2) is 0 Å². The van der Waals surface area contributed by atoms with E-state index < -0.39 is 0 Å². The third-order valence-corrected chi connectivity index (χ3v) is 2.96. The van der Waals surface area contributed by atoms with E-state index in [4.69, 9.17) is 0 Å². The van der Waals surface area contributed by atoms with Crippen LogP contribution in [0.1, 0.15) is 51.9 Å². The van der Waals surface area contributed by atoms with Crippen molar-refractivity contribution in [2.75, 3.05) is 13.1 Å². The highest BCUT2D eigenvalue weighted by Gasteiger charge is 2.19. The van der Waals surface area contributed by atoms with Crippen molar-refractivity contribution in [2.24, 2.45) is 0 Å². The molecule has 0 aromatic rings. The lowest BCUT2D eigenvalue weighted by atomic mass is 10.0. The second-order valence-corrected chi connectivity index (χ2v) is 4.35. The van der Waals surface area contributed by atoms with E-state index in [-0.39, 0.29) is 11.9 Å². The fourth-order valence-corrected chi connectivity index (χ4v) is 1.96. The Bertz CT molecular complexity index is 176. The summed E-state index contributed by atoms with van der Waals surface area (Å²) >= 11 is 0. The number of carbonyl (C=O) groups is 1. The fourth-order valence-electron chi connectivity index (χ4n) is 1.96. The molecule has 3 heteroatoms. The Morgan fingerprint density at radius 1 is 1.33 bits per heavy atom. The van der Waals surface area contributed by atoms with Crippen LogP contribution in [0.2, 0.25) is 0 Å². The maximum Gasteiger partial charge on any atom is 0.237 e. The zero-order chi connectivity index (χ0) is 10.9. The minimum atomic E-state index is 0.0740. The molecule has 0 saturated carbocycles. The smallest absolute Gasteiger partial charge is 0.237 e. The summed E-state index contributed by atoms with van der Waals surface area (Å²) < 4.78 is 0. The number of hydrogen-bond acceptors (Lipinski definition) is 2. The number of rotatable bonds is 6. The van der Waals surface area contributed by atoms with Gasteiger partial charge in [0.2, 0.25) is 5.91 Å². The number of amides is 1. The molecule has 1 atom stereocenters. The minimum Gasteiger partial charge on any atom is -0.355 e. The first kappa shape index (κ1) is 12.5. The molecular weight excluding hydrogens is 188 g/mol. The Kier molecular flexibility index (Phi) is 6.41. The average Bonchev–Trinajstić information content (AvgIpc) is 2.30. The van der Waals surface area contributed by atoms with Crippen molar-refractivity contribution in [3.8, 4) is 0 Å². The van der Waals surface area contributed by atoms with Crippen molar-refractivity contribution in [1.29, 1.82) is 0 Å². The van der Waals surface area contributed by atoms with Gasteiger partial charge in [0, 0.05) is 6.54 Å². The van der Waals surface area contributed by atoms with Gasteiger partial charge in [0.05, 0.1) is 6.04 Å². The van der Waals surface area contributed by atoms with E-state index >= 15 is 0 Å². The molecule has 15 heavy (non-hydrogen) atoms. The number of hydrogen-bond donors (Lipinski definition) is 2. The van der Waals surface area contributed by atoms with E-state index in [9.17, 15) is 4.79 Å². The molecule has 0 unspecified atom stereocenters. The Hall–Kier alpha value is -0.570. The van der Waals surface area contributed by atoms with Crippen LogP contribution >= 0.6 is 0 Å². The molecule has 0 aromatic carbocycles. The lowest BCUT2D eigenvalue weighted by molar-refractivity contribution is -0.123. The third kappa shape index (κ3) is 5.17. The highest BCUT2D eigenvalue weighted by atomic mass is 16.2. The molecular formula is C12H24N2O. The lowest BCUT2D eigenvalue weighted by Crippen LogP contribution is -2.46. The Morgan fingerprint density at radius 3 is 2.87 bits per heavy atom. The normalized spacial score (nSPS) is 21.3. The van der Waals surface area contributed by atoms with Crippen LogP contribution in [-0.4, -0.2) is 25.0 Å². The summed E-state index contributed by atoms with van der Waals surface area (Å²) in [5.74, 6) is 0.200. The predicted octanol–water partition coefficient (Wildman–Crippen LogP) is 1.82. The van der Waals surface area contributed by atoms with Gasteiger partial charge < -0.3 is 10.6 Å². The van der Waals surface area contributed by atoms with E-state index in [1.807, 2.05) is 0 Å². The van der Waals surface area contributed by atoms with Crippen molar-refractivity contribution in [1.82, 2.24) is 10.6 Å². The zero-order valence-corrected chi connectivity index (χ0v) is 9.85. The highest BCUT2D eigenvalue weighted by Crippen LogP contribution is 2.06. The summed E-state index contributed by atoms with van der Waals surface area (Å²) in [6.07, 6.45) is 8.26. The van der Waals surface area contributed by atoms with Gasteiger partial charge in [-0.1, -0.05) is 32.6 Å². The van der Waals surface area contributed by atoms with Crippen LogP contribution in [0.5, 0.6) is 0 Å². The number of unbranched alkanes of at least 4 members (excludes halogenated alkanes) is 3. The topological polar surface area (TPSA) is 41.1 Å². The van der Waals surface area contributed by atoms with Crippen molar-refractivity contribution in [2.45, 2.75) is 57.9 Å². The summed E-state index contributed by atoms with van der Waals surface area (Å²) in [5, 5.41) is 6.27. The quantitative estimate of drug-likeness (QED) is 0.659. The van der Waals surface area contributed by atoms with E-state index in [0.717, 1.165) is 25.9 Å². The van der Waals surface area contributed by atoms with Gasteiger partial charge in [0.15, 0.2) is 0 Å². The molecule has 88 valence electrons. The van der Waals surface area contributed by atoms with E-state index in [1.54, 1.807) is 0 Å². The summed E-state index contributed by atoms with van der Waals surface area (Å²) in [7, 11) is 0. The van der Waals surface area contributed by atoms with Crippen LogP contribution < -0.4 is 10.6 Å². The molecule has 1 aliphatic rings. The molecule has 1 fully saturated rings. The molecule has 0 spiro atoms. The van der Waals surface area contributed by atoms with Gasteiger partial charge in [-0.2, -0.15) is 0 Å². The number of piperidine rings is 1. The highest BCUT2D eigenvalue weighted by molar-refractivity contribution is 5.81. The van der Waals surface area contributed by atoms with Gasteiger partial charge in [-0.3, -0.25) is 4.79 Å². The van der Waals surface area contributed by atoms with E-state index in [2.05, 4.69) is 17.6 Å². The van der Waals surface area contributed by atoms with Crippen LogP contribution in [0.4, 0.5) is 0 Å². The Morgan fingerprint density at radius 2 is 2.20 bits per heavy atom. The summed E-state index contributed by atoms with van der Waals surface area (Å²) in [5.41, 5.74) is 0. The second kappa shape index (κ2) is 7.69. The molecule has 1 heterocycles. The minimum absolute atomic E-state index is 0.0740. The van der Waals surface area contributed by atoms with Crippen LogP contribution in [0, 0.1) is 0 Å². The lowest BCUT2D eigenvalue weighted by Gasteiger charge is -2.22. The van der Waals surface area contributed by atoms with Crippen LogP contribution in [0.25, 0.3) is 0 Å². The molecule has 0 aromatic heterocycles. The molecule has 3 nitrogen and oxygen atoms in total. The predicted molar refractivity (Wildman–Crippen MR) is 62.8 cm³/mol. The van der Waals surface area contributed by atoms with Gasteiger partial charge in [-0.15, -0.1) is 0 Å². The van der Waals surface area contributed by atoms with Gasteiger partial charge in [0.1, 0.15) is 0 Å². The molecule has 1 aliphatic heterocycles. The first-order valence-electron chi connectivity index (χ1n) is 6.35. The van der Waals surface area contributed by atoms with Crippen LogP contribution in [0.15, 0.2) is 0 Å². The zero-order valence-electron chi connectivity index (χ0n) is 9.85. The first-order valence-corrected chi connectivity index (χ1v) is 6.35. The molecule has 0 aliphatic carbocycles. The number of carbonyl (C=O) groups excluding carboxylic acids is 1. The SMILES string of the molecule is CCCCCCNC(=O)[C@@H]1CCCCN1. The molecule has 1 amide bonds. The van der Waals surface area contributed by atoms with E-state index in [0.29, 0.717) is 0 Å². The van der Waals surface area contributed by atoms with E-state index in [1.165, 1.54) is 32.1 Å². The largest absolute Gasteiger partial charge is 0.355 e. The van der Waals surface area contributed by atoms with Crippen molar-refractivity contribution < 1.29 is 4.79 Å². The number of nitrogens with one attached hydrogen (secondary N) is 2. The van der Waals surface area contributed by atoms with Crippen molar-refractivity contribution >= 4 is 5.91 Å². The second-order valence-electron chi connectivity index (χ2n) is 4.35. The maximum absolute atomic E-state index is 11.7. The Labute approximate surface area is 93.0 Å². The van der Waals surface area contributed by atoms with Gasteiger partial charge >= 0.3 is 0 Å². The molecule has 1 rings (SSSR count). The van der Waals surface area contributed by atoms with Crippen LogP contribution in [0.3, 0.4) is 0 Å². The fraction of sp³-hybridized carbons (Fsp3) is 0.917. The molecule has 2 N–H and O–H groups in total. The Balaban J connectivity index is 2.02. The first-order chi connectivity index (χ1) is 7.34. The molecule has 0 radical (unpaired) electrons. The van der Waals surface area contributed by atoms with Gasteiger partial charge in [-0.05, 0) is 25.8 Å². The summed E-state index contributed by atoms with van der Waals surface area (Å²) in [6, 6.07) is 0.0740. The summed E-state index contributed by atoms with van der Waals surface area (Å²) in [6.45, 7) is 4.04. The van der Waals surface area contributed by atoms with Crippen molar-refractivity contribution in [3.05, 3.63) is 0 Å². The average molecular weight is 212 g/mol. The monoisotopic (exact) mass is 212 g/mol. The standard InChI is InChI=1S/C12H24N2O/c1-2-3-4-6-10-14-12(15)11-8-5-7-9-13-11/h11,13H,2-10H2,1H3,(H,14,15)/t11-/m0/s1. The molecule has 0 bridgehead atoms. The maximum atomic E-state index is 11.7. The summed E-state index contributed by atoms with van der Waals surface area (Å²) in [4.78, 5) is 11.7. The third-order valence-electron chi connectivity index (χ3n) is 2.96.